The summed E-state index contributed by atoms with van der Waals surface area (Å²) in [5.74, 6) is -1.31. The molecule has 4 aromatic carbocycles. The van der Waals surface area contributed by atoms with E-state index in [-0.39, 0.29) is 35.4 Å². The number of quaternary nitrogens is 1. The van der Waals surface area contributed by atoms with E-state index in [2.05, 4.69) is 24.5 Å². The highest BCUT2D eigenvalue weighted by Gasteiger charge is 2.48. The summed E-state index contributed by atoms with van der Waals surface area (Å²) in [7, 11) is 2.26. The van der Waals surface area contributed by atoms with Gasteiger partial charge in [0.15, 0.2) is 0 Å². The minimum Gasteiger partial charge on any atom is -0.388 e. The number of benzene rings is 4. The molecule has 3 unspecified atom stereocenters. The molecule has 2 heterocycles. The van der Waals surface area contributed by atoms with Crippen LogP contribution in [0.4, 0.5) is 14.5 Å². The van der Waals surface area contributed by atoms with Crippen LogP contribution in [0.2, 0.25) is 0 Å². The van der Waals surface area contributed by atoms with E-state index in [1.165, 1.54) is 29.8 Å². The third kappa shape index (κ3) is 7.98. The summed E-state index contributed by atoms with van der Waals surface area (Å²) in [5.41, 5.74) is 5.24. The summed E-state index contributed by atoms with van der Waals surface area (Å²) in [6.45, 7) is 4.89. The Bertz CT molecular complexity index is 1690. The third-order valence-corrected chi connectivity index (χ3v) is 9.64. The van der Waals surface area contributed by atoms with Crippen molar-refractivity contribution < 1.29 is 32.7 Å². The molecule has 48 heavy (non-hydrogen) atoms. The normalized spacial score (nSPS) is 19.4. The molecule has 0 aromatic heterocycles. The van der Waals surface area contributed by atoms with Gasteiger partial charge in [-0.3, -0.25) is 9.59 Å². The number of β-lactam (4-membered cyclic amide) rings is 1. The van der Waals surface area contributed by atoms with Crippen molar-refractivity contribution in [2.75, 3.05) is 38.3 Å². The molecular formula is C39H42F2N3O4+. The van der Waals surface area contributed by atoms with Gasteiger partial charge in [-0.25, -0.2) is 8.78 Å². The van der Waals surface area contributed by atoms with Gasteiger partial charge in [0.1, 0.15) is 31.3 Å². The molecule has 3 atom stereocenters. The van der Waals surface area contributed by atoms with Crippen LogP contribution in [0.3, 0.4) is 0 Å². The van der Waals surface area contributed by atoms with Crippen LogP contribution < -0.4 is 10.2 Å². The Morgan fingerprint density at radius 3 is 2.10 bits per heavy atom. The second kappa shape index (κ2) is 14.8. The number of carbonyl (C=O) groups is 2. The molecule has 7 nitrogen and oxygen atoms in total. The first-order valence-electron chi connectivity index (χ1n) is 16.5. The third-order valence-electron chi connectivity index (χ3n) is 9.64. The first kappa shape index (κ1) is 33.5. The lowest BCUT2D eigenvalue weighted by atomic mass is 9.78. The van der Waals surface area contributed by atoms with Crippen molar-refractivity contribution in [3.63, 3.8) is 0 Å². The van der Waals surface area contributed by atoms with Crippen molar-refractivity contribution in [1.29, 1.82) is 0 Å². The number of hydrogen-bond acceptors (Lipinski definition) is 4. The monoisotopic (exact) mass is 654 g/mol. The molecule has 0 spiro atoms. The molecule has 0 saturated carbocycles. The van der Waals surface area contributed by atoms with Crippen LogP contribution in [0.25, 0.3) is 0 Å². The van der Waals surface area contributed by atoms with Crippen molar-refractivity contribution in [2.24, 2.45) is 5.92 Å². The molecule has 2 aliphatic heterocycles. The van der Waals surface area contributed by atoms with E-state index in [1.54, 1.807) is 29.2 Å². The Labute approximate surface area is 280 Å². The molecule has 9 heteroatoms. The first-order valence-corrected chi connectivity index (χ1v) is 16.5. The summed E-state index contributed by atoms with van der Waals surface area (Å²) in [4.78, 5) is 27.8. The molecule has 2 amide bonds. The maximum absolute atomic E-state index is 13.7. The number of nitrogens with one attached hydrogen (secondary N) is 1. The minimum absolute atomic E-state index is 0.0640. The lowest BCUT2D eigenvalue weighted by molar-refractivity contribution is -0.929. The van der Waals surface area contributed by atoms with Gasteiger partial charge in [-0.2, -0.15) is 0 Å². The molecule has 2 N–H and O–H groups in total. The summed E-state index contributed by atoms with van der Waals surface area (Å²) in [6.07, 6.45) is 0.214. The number of anilines is 1. The average molecular weight is 655 g/mol. The first-order chi connectivity index (χ1) is 23.2. The fourth-order valence-corrected chi connectivity index (χ4v) is 6.72. The van der Waals surface area contributed by atoms with Gasteiger partial charge in [-0.1, -0.05) is 60.7 Å². The molecule has 0 aliphatic carbocycles. The van der Waals surface area contributed by atoms with E-state index >= 15 is 0 Å². The number of morpholine rings is 1. The van der Waals surface area contributed by atoms with Gasteiger partial charge in [0.25, 0.3) is 0 Å². The van der Waals surface area contributed by atoms with Gasteiger partial charge in [0.05, 0.1) is 44.7 Å². The predicted octanol–water partition coefficient (Wildman–Crippen LogP) is 6.02. The summed E-state index contributed by atoms with van der Waals surface area (Å²) in [6, 6.07) is 27.3. The minimum atomic E-state index is -0.831. The van der Waals surface area contributed by atoms with Gasteiger partial charge < -0.3 is 24.5 Å². The molecule has 4 aromatic rings. The van der Waals surface area contributed by atoms with E-state index in [9.17, 15) is 23.5 Å². The average Bonchev–Trinajstić information content (AvgIpc) is 3.08. The SMILES string of the molecule is C[N+]1(Cc2ccc(CC(=O)NCc3ccc(C4C(CCC(O)c5ccc(F)cc5)C(=O)N4c4ccc(F)cc4)cc3)cc2)CCOCC1. The molecule has 0 radical (unpaired) electrons. The highest BCUT2D eigenvalue weighted by atomic mass is 19.1. The lowest BCUT2D eigenvalue weighted by Crippen LogP contribution is -2.55. The molecule has 250 valence electrons. The number of amides is 2. The molecule has 0 bridgehead atoms. The molecule has 2 fully saturated rings. The number of halogens is 2. The van der Waals surface area contributed by atoms with Crippen molar-refractivity contribution in [3.05, 3.63) is 137 Å². The largest absolute Gasteiger partial charge is 0.388 e. The van der Waals surface area contributed by atoms with Crippen molar-refractivity contribution in [1.82, 2.24) is 5.32 Å². The Balaban J connectivity index is 1.06. The Morgan fingerprint density at radius 1 is 0.875 bits per heavy atom. The van der Waals surface area contributed by atoms with E-state index in [1.807, 2.05) is 36.4 Å². The smallest absolute Gasteiger partial charge is 0.233 e. The van der Waals surface area contributed by atoms with Gasteiger partial charge >= 0.3 is 0 Å². The maximum Gasteiger partial charge on any atom is 0.233 e. The van der Waals surface area contributed by atoms with Crippen LogP contribution in [-0.4, -0.2) is 54.8 Å². The summed E-state index contributed by atoms with van der Waals surface area (Å²) in [5, 5.41) is 13.7. The lowest BCUT2D eigenvalue weighted by Gasteiger charge is -2.48. The quantitative estimate of drug-likeness (QED) is 0.145. The highest BCUT2D eigenvalue weighted by Crippen LogP contribution is 2.46. The van der Waals surface area contributed by atoms with Crippen molar-refractivity contribution in [3.8, 4) is 0 Å². The van der Waals surface area contributed by atoms with Gasteiger partial charge in [0, 0.05) is 17.8 Å². The fraction of sp³-hybridized carbons (Fsp3) is 0.333. The second-order valence-electron chi connectivity index (χ2n) is 13.2. The number of aliphatic hydroxyl groups is 1. The van der Waals surface area contributed by atoms with E-state index < -0.39 is 6.10 Å². The molecule has 6 rings (SSSR count). The number of nitrogens with zero attached hydrogens (tertiary/aromatic N) is 2. The van der Waals surface area contributed by atoms with Crippen molar-refractivity contribution >= 4 is 17.5 Å². The highest BCUT2D eigenvalue weighted by molar-refractivity contribution is 6.03. The van der Waals surface area contributed by atoms with E-state index in [0.29, 0.717) is 37.1 Å². The summed E-state index contributed by atoms with van der Waals surface area (Å²) < 4.78 is 33.5. The van der Waals surface area contributed by atoms with Crippen LogP contribution >= 0.6 is 0 Å². The molecule has 2 aliphatic rings. The van der Waals surface area contributed by atoms with Crippen LogP contribution in [0, 0.1) is 17.6 Å². The van der Waals surface area contributed by atoms with Crippen molar-refractivity contribution in [2.45, 2.75) is 44.5 Å². The van der Waals surface area contributed by atoms with Crippen LogP contribution in [0.5, 0.6) is 0 Å². The predicted molar refractivity (Wildman–Crippen MR) is 180 cm³/mol. The fourth-order valence-electron chi connectivity index (χ4n) is 6.72. The molecule has 2 saturated heterocycles. The summed E-state index contributed by atoms with van der Waals surface area (Å²) >= 11 is 0. The van der Waals surface area contributed by atoms with Gasteiger partial charge in [-0.05, 0) is 71.5 Å². The number of carbonyl (C=O) groups excluding carboxylic acids is 2. The second-order valence-corrected chi connectivity index (χ2v) is 13.2. The number of rotatable bonds is 12. The van der Waals surface area contributed by atoms with Crippen LogP contribution in [0.15, 0.2) is 97.1 Å². The number of likely N-dealkylation sites (N-methyl/N-ethyl adjacent to an activating group) is 1. The van der Waals surface area contributed by atoms with Crippen LogP contribution in [0.1, 0.15) is 52.8 Å². The van der Waals surface area contributed by atoms with Gasteiger partial charge in [0.2, 0.25) is 11.8 Å². The molecular weight excluding hydrogens is 612 g/mol. The maximum atomic E-state index is 13.7. The number of ether oxygens (including phenoxy) is 1. The Kier molecular flexibility index (Phi) is 10.3. The Hall–Kier alpha value is -4.44. The number of hydrogen-bond donors (Lipinski definition) is 2. The standard InChI is InChI=1S/C39H41F2N3O4/c1-44(20-22-48-23-21-44)26-29-4-2-27(3-5-29)24-37(46)42-25-28-6-8-31(9-7-28)38-35(18-19-36(45)30-10-12-32(40)13-11-30)39(47)43(38)34-16-14-33(41)15-17-34/h2-17,35-36,38,45H,18-26H2,1H3/p+1. The zero-order valence-electron chi connectivity index (χ0n) is 27.2. The zero-order chi connectivity index (χ0) is 33.7. The Morgan fingerprint density at radius 2 is 1.46 bits per heavy atom. The van der Waals surface area contributed by atoms with Gasteiger partial charge in [-0.15, -0.1) is 0 Å². The number of aliphatic hydroxyl groups excluding tert-OH is 1. The van der Waals surface area contributed by atoms with E-state index in [0.717, 1.165) is 54.0 Å². The zero-order valence-corrected chi connectivity index (χ0v) is 27.2. The van der Waals surface area contributed by atoms with Crippen LogP contribution in [-0.2, 0) is 33.8 Å². The topological polar surface area (TPSA) is 78.9 Å². The van der Waals surface area contributed by atoms with E-state index in [4.69, 9.17) is 4.74 Å².